The van der Waals surface area contributed by atoms with Gasteiger partial charge in [0, 0.05) is 11.8 Å². The summed E-state index contributed by atoms with van der Waals surface area (Å²) in [6.07, 6.45) is 1.50. The molecular formula is C24H19FN2O5. The molecule has 2 heterocycles. The molecule has 7 nitrogen and oxygen atoms in total. The molecule has 3 aromatic rings. The van der Waals surface area contributed by atoms with E-state index in [1.165, 1.54) is 37.4 Å². The summed E-state index contributed by atoms with van der Waals surface area (Å²) >= 11 is 0. The number of halogens is 1. The van der Waals surface area contributed by atoms with Crippen LogP contribution in [0.4, 0.5) is 10.2 Å². The normalized spacial score (nSPS) is 17.5. The number of carbonyl (C=O) groups is 2. The molecule has 1 aliphatic heterocycles. The van der Waals surface area contributed by atoms with Crippen LogP contribution >= 0.6 is 0 Å². The van der Waals surface area contributed by atoms with Crippen LogP contribution in [0.1, 0.15) is 17.2 Å². The van der Waals surface area contributed by atoms with Gasteiger partial charge < -0.3 is 14.6 Å². The molecule has 4 rings (SSSR count). The van der Waals surface area contributed by atoms with Crippen LogP contribution in [0.3, 0.4) is 0 Å². The fraction of sp³-hybridized carbons (Fsp3) is 0.125. The Morgan fingerprint density at radius 1 is 1.00 bits per heavy atom. The molecule has 1 aliphatic rings. The smallest absolute Gasteiger partial charge is 0.301 e. The van der Waals surface area contributed by atoms with Crippen molar-refractivity contribution in [3.05, 3.63) is 89.4 Å². The van der Waals surface area contributed by atoms with E-state index in [1.54, 1.807) is 36.4 Å². The third kappa shape index (κ3) is 3.56. The third-order valence-electron chi connectivity index (χ3n) is 5.18. The summed E-state index contributed by atoms with van der Waals surface area (Å²) in [6, 6.07) is 13.9. The molecule has 1 aromatic heterocycles. The summed E-state index contributed by atoms with van der Waals surface area (Å²) in [6.45, 7) is 0. The first-order valence-corrected chi connectivity index (χ1v) is 9.66. The van der Waals surface area contributed by atoms with Gasteiger partial charge in [0.15, 0.2) is 11.5 Å². The number of ether oxygens (including phenoxy) is 2. The minimum Gasteiger partial charge on any atom is -0.507 e. The number of ketones is 1. The molecule has 2 aromatic carbocycles. The molecule has 0 aliphatic carbocycles. The van der Waals surface area contributed by atoms with Crippen LogP contribution in [0.15, 0.2) is 72.4 Å². The number of pyridine rings is 1. The zero-order valence-electron chi connectivity index (χ0n) is 17.3. The first-order chi connectivity index (χ1) is 15.5. The molecule has 1 atom stereocenters. The van der Waals surface area contributed by atoms with E-state index in [9.17, 15) is 19.1 Å². The Bertz CT molecular complexity index is 1210. The lowest BCUT2D eigenvalue weighted by atomic mass is 9.95. The molecule has 32 heavy (non-hydrogen) atoms. The number of carbonyl (C=O) groups excluding carboxylic acids is 2. The fourth-order valence-electron chi connectivity index (χ4n) is 3.67. The van der Waals surface area contributed by atoms with Crippen molar-refractivity contribution >= 4 is 23.3 Å². The lowest BCUT2D eigenvalue weighted by Gasteiger charge is -2.25. The van der Waals surface area contributed by atoms with Crippen molar-refractivity contribution in [3.8, 4) is 11.5 Å². The number of amides is 1. The Hall–Kier alpha value is -4.20. The molecule has 162 valence electrons. The molecule has 0 saturated carbocycles. The Balaban J connectivity index is 1.96. The van der Waals surface area contributed by atoms with Crippen molar-refractivity contribution in [2.24, 2.45) is 0 Å². The number of aliphatic hydroxyl groups excluding tert-OH is 1. The average Bonchev–Trinajstić information content (AvgIpc) is 3.09. The second-order valence-electron chi connectivity index (χ2n) is 6.98. The van der Waals surface area contributed by atoms with Gasteiger partial charge >= 0.3 is 5.91 Å². The molecule has 1 unspecified atom stereocenters. The van der Waals surface area contributed by atoms with Gasteiger partial charge in [0.05, 0.1) is 25.8 Å². The van der Waals surface area contributed by atoms with Crippen LogP contribution in [0.5, 0.6) is 11.5 Å². The Labute approximate surface area is 183 Å². The van der Waals surface area contributed by atoms with Crippen molar-refractivity contribution in [1.29, 1.82) is 0 Å². The zero-order valence-corrected chi connectivity index (χ0v) is 17.3. The summed E-state index contributed by atoms with van der Waals surface area (Å²) < 4.78 is 24.0. The number of methoxy groups -OCH3 is 2. The van der Waals surface area contributed by atoms with E-state index in [0.29, 0.717) is 17.1 Å². The van der Waals surface area contributed by atoms with Gasteiger partial charge in [0.2, 0.25) is 0 Å². The van der Waals surface area contributed by atoms with Crippen LogP contribution in [-0.2, 0) is 9.59 Å². The molecule has 1 fully saturated rings. The maximum absolute atomic E-state index is 13.4. The van der Waals surface area contributed by atoms with Gasteiger partial charge in [0.25, 0.3) is 5.78 Å². The molecule has 1 saturated heterocycles. The third-order valence-corrected chi connectivity index (χ3v) is 5.18. The number of Topliss-reactive ketones (excluding diaryl/α,β-unsaturated/α-hetero) is 1. The molecule has 0 radical (unpaired) electrons. The number of hydrogen-bond acceptors (Lipinski definition) is 6. The molecule has 0 bridgehead atoms. The van der Waals surface area contributed by atoms with Gasteiger partial charge in [0.1, 0.15) is 17.4 Å². The number of nitrogens with zero attached hydrogens (tertiary/aromatic N) is 2. The van der Waals surface area contributed by atoms with Gasteiger partial charge in [-0.25, -0.2) is 9.37 Å². The summed E-state index contributed by atoms with van der Waals surface area (Å²) in [5.74, 6) is -1.53. The first-order valence-electron chi connectivity index (χ1n) is 9.66. The Morgan fingerprint density at radius 2 is 1.72 bits per heavy atom. The van der Waals surface area contributed by atoms with Crippen molar-refractivity contribution in [2.45, 2.75) is 6.04 Å². The quantitative estimate of drug-likeness (QED) is 0.373. The fourth-order valence-corrected chi connectivity index (χ4v) is 3.67. The summed E-state index contributed by atoms with van der Waals surface area (Å²) in [5.41, 5.74) is 0.562. The Kier molecular flexibility index (Phi) is 5.59. The van der Waals surface area contributed by atoms with Crippen molar-refractivity contribution < 1.29 is 28.6 Å². The van der Waals surface area contributed by atoms with Gasteiger partial charge in [-0.2, -0.15) is 0 Å². The van der Waals surface area contributed by atoms with Gasteiger partial charge in [-0.1, -0.05) is 12.1 Å². The number of rotatable bonds is 5. The molecular weight excluding hydrogens is 415 g/mol. The van der Waals surface area contributed by atoms with Crippen LogP contribution in [0.2, 0.25) is 0 Å². The predicted molar refractivity (Wildman–Crippen MR) is 115 cm³/mol. The average molecular weight is 434 g/mol. The largest absolute Gasteiger partial charge is 0.507 e. The van der Waals surface area contributed by atoms with E-state index in [1.807, 2.05) is 0 Å². The number of aromatic nitrogens is 1. The summed E-state index contributed by atoms with van der Waals surface area (Å²) in [7, 11) is 2.96. The maximum Gasteiger partial charge on any atom is 0.301 e. The van der Waals surface area contributed by atoms with Crippen LogP contribution in [0, 0.1) is 5.82 Å². The number of anilines is 1. The molecule has 1 N–H and O–H groups in total. The number of aliphatic hydroxyl groups is 1. The van der Waals surface area contributed by atoms with Crippen LogP contribution in [-0.4, -0.2) is 36.0 Å². The van der Waals surface area contributed by atoms with E-state index in [4.69, 9.17) is 9.47 Å². The predicted octanol–water partition coefficient (Wildman–Crippen LogP) is 3.86. The van der Waals surface area contributed by atoms with E-state index in [-0.39, 0.29) is 17.0 Å². The number of benzene rings is 2. The SMILES string of the molecule is COc1ccc(C2C(=C(O)c3ccc(F)cc3)C(=O)C(=O)N2c2ccccn2)cc1OC. The highest BCUT2D eigenvalue weighted by Crippen LogP contribution is 2.43. The van der Waals surface area contributed by atoms with Crippen molar-refractivity contribution in [3.63, 3.8) is 0 Å². The van der Waals surface area contributed by atoms with E-state index < -0.39 is 29.3 Å². The highest BCUT2D eigenvalue weighted by Gasteiger charge is 2.47. The lowest BCUT2D eigenvalue weighted by Crippen LogP contribution is -2.30. The number of hydrogen-bond donors (Lipinski definition) is 1. The molecule has 0 spiro atoms. The minimum atomic E-state index is -0.991. The van der Waals surface area contributed by atoms with E-state index in [2.05, 4.69) is 4.98 Å². The minimum absolute atomic E-state index is 0.139. The van der Waals surface area contributed by atoms with Crippen molar-refractivity contribution in [2.75, 3.05) is 19.1 Å². The van der Waals surface area contributed by atoms with Crippen LogP contribution in [0.25, 0.3) is 5.76 Å². The second-order valence-corrected chi connectivity index (χ2v) is 6.98. The molecule has 1 amide bonds. The van der Waals surface area contributed by atoms with E-state index >= 15 is 0 Å². The topological polar surface area (TPSA) is 89.0 Å². The highest BCUT2D eigenvalue weighted by atomic mass is 19.1. The zero-order chi connectivity index (χ0) is 22.8. The lowest BCUT2D eigenvalue weighted by molar-refractivity contribution is -0.132. The van der Waals surface area contributed by atoms with Crippen LogP contribution < -0.4 is 14.4 Å². The first kappa shape index (κ1) is 21.0. The Morgan fingerprint density at radius 3 is 2.34 bits per heavy atom. The van der Waals surface area contributed by atoms with Gasteiger partial charge in [-0.3, -0.25) is 14.5 Å². The summed E-state index contributed by atoms with van der Waals surface area (Å²) in [4.78, 5) is 31.5. The second kappa shape index (κ2) is 8.50. The van der Waals surface area contributed by atoms with Crippen molar-refractivity contribution in [1.82, 2.24) is 4.98 Å². The monoisotopic (exact) mass is 434 g/mol. The highest BCUT2D eigenvalue weighted by molar-refractivity contribution is 6.51. The molecule has 8 heteroatoms. The summed E-state index contributed by atoms with van der Waals surface area (Å²) in [5, 5.41) is 11.0. The maximum atomic E-state index is 13.4. The van der Waals surface area contributed by atoms with E-state index in [0.717, 1.165) is 12.1 Å². The van der Waals surface area contributed by atoms with Gasteiger partial charge in [-0.15, -0.1) is 0 Å². The van der Waals surface area contributed by atoms with Gasteiger partial charge in [-0.05, 0) is 54.1 Å². The standard InChI is InChI=1S/C24H19FN2O5/c1-31-17-11-8-15(13-18(17)32-2)21-20(22(28)14-6-9-16(25)10-7-14)23(29)24(30)27(21)19-5-3-4-12-26-19/h3-13,21,28H,1-2H3.